The SMILES string of the molecule is CCOc1ccc(S(=O)(=O)NCCC(=O)N2CCC(CNC)CC2)cc1.Cl. The molecule has 0 spiro atoms. The highest BCUT2D eigenvalue weighted by Crippen LogP contribution is 2.18. The van der Waals surface area contributed by atoms with Crippen molar-refractivity contribution in [2.75, 3.05) is 39.8 Å². The Morgan fingerprint density at radius 1 is 1.22 bits per heavy atom. The average molecular weight is 420 g/mol. The number of hydrogen-bond acceptors (Lipinski definition) is 5. The van der Waals surface area contributed by atoms with Crippen LogP contribution in [0.5, 0.6) is 5.75 Å². The number of nitrogens with zero attached hydrogens (tertiary/aromatic N) is 1. The fraction of sp³-hybridized carbons (Fsp3) is 0.611. The van der Waals surface area contributed by atoms with Gasteiger partial charge in [-0.3, -0.25) is 4.79 Å². The van der Waals surface area contributed by atoms with Crippen LogP contribution in [0.25, 0.3) is 0 Å². The monoisotopic (exact) mass is 419 g/mol. The zero-order valence-corrected chi connectivity index (χ0v) is 17.6. The third-order valence-corrected chi connectivity index (χ3v) is 6.01. The van der Waals surface area contributed by atoms with Crippen molar-refractivity contribution in [1.82, 2.24) is 14.9 Å². The first kappa shape index (κ1) is 23.7. The van der Waals surface area contributed by atoms with Gasteiger partial charge in [-0.1, -0.05) is 0 Å². The van der Waals surface area contributed by atoms with Crippen molar-refractivity contribution in [3.05, 3.63) is 24.3 Å². The molecule has 9 heteroatoms. The van der Waals surface area contributed by atoms with Gasteiger partial charge in [-0.25, -0.2) is 13.1 Å². The summed E-state index contributed by atoms with van der Waals surface area (Å²) in [6.45, 7) is 4.97. The van der Waals surface area contributed by atoms with Gasteiger partial charge in [0.25, 0.3) is 0 Å². The van der Waals surface area contributed by atoms with E-state index in [1.807, 2.05) is 18.9 Å². The summed E-state index contributed by atoms with van der Waals surface area (Å²) in [6.07, 6.45) is 2.15. The van der Waals surface area contributed by atoms with Crippen molar-refractivity contribution in [3.8, 4) is 5.75 Å². The van der Waals surface area contributed by atoms with Gasteiger partial charge in [-0.2, -0.15) is 0 Å². The van der Waals surface area contributed by atoms with E-state index in [4.69, 9.17) is 4.74 Å². The van der Waals surface area contributed by atoms with Crippen LogP contribution in [0.4, 0.5) is 0 Å². The molecule has 0 radical (unpaired) electrons. The van der Waals surface area contributed by atoms with Gasteiger partial charge in [0.1, 0.15) is 5.75 Å². The Kier molecular flexibility index (Phi) is 10.1. The molecule has 0 bridgehead atoms. The van der Waals surface area contributed by atoms with Crippen LogP contribution >= 0.6 is 12.4 Å². The van der Waals surface area contributed by atoms with E-state index in [0.29, 0.717) is 18.3 Å². The quantitative estimate of drug-likeness (QED) is 0.635. The third kappa shape index (κ3) is 7.29. The molecule has 2 N–H and O–H groups in total. The van der Waals surface area contributed by atoms with Crippen LogP contribution < -0.4 is 14.8 Å². The Hall–Kier alpha value is -1.35. The van der Waals surface area contributed by atoms with Gasteiger partial charge in [0.05, 0.1) is 11.5 Å². The number of ether oxygens (including phenoxy) is 1. The van der Waals surface area contributed by atoms with Gasteiger partial charge in [0, 0.05) is 26.1 Å². The van der Waals surface area contributed by atoms with Gasteiger partial charge in [0.2, 0.25) is 15.9 Å². The van der Waals surface area contributed by atoms with E-state index in [1.54, 1.807) is 12.1 Å². The molecule has 1 amide bonds. The van der Waals surface area contributed by atoms with Crippen LogP contribution in [-0.4, -0.2) is 59.1 Å². The lowest BCUT2D eigenvalue weighted by molar-refractivity contribution is -0.132. The molecule has 0 unspecified atom stereocenters. The Balaban J connectivity index is 0.00000364. The molecule has 1 aromatic rings. The van der Waals surface area contributed by atoms with E-state index in [9.17, 15) is 13.2 Å². The molecule has 0 atom stereocenters. The Morgan fingerprint density at radius 2 is 1.85 bits per heavy atom. The summed E-state index contributed by atoms with van der Waals surface area (Å²) < 4.78 is 32.4. The standard InChI is InChI=1S/C18H29N3O4S.ClH/c1-3-25-16-4-6-17(7-5-16)26(23,24)20-11-8-18(22)21-12-9-15(10-13-21)14-19-2;/h4-7,15,19-20H,3,8-14H2,1-2H3;1H. The first-order valence-corrected chi connectivity index (χ1v) is 10.6. The molecule has 0 aliphatic carbocycles. The first-order valence-electron chi connectivity index (χ1n) is 9.11. The maximum absolute atomic E-state index is 12.3. The summed E-state index contributed by atoms with van der Waals surface area (Å²) in [7, 11) is -1.68. The molecule has 27 heavy (non-hydrogen) atoms. The second-order valence-electron chi connectivity index (χ2n) is 6.43. The number of benzene rings is 1. The lowest BCUT2D eigenvalue weighted by Crippen LogP contribution is -2.41. The molecular weight excluding hydrogens is 390 g/mol. The number of carbonyl (C=O) groups excluding carboxylic acids is 1. The maximum atomic E-state index is 12.3. The largest absolute Gasteiger partial charge is 0.494 e. The fourth-order valence-electron chi connectivity index (χ4n) is 3.09. The highest BCUT2D eigenvalue weighted by molar-refractivity contribution is 7.89. The van der Waals surface area contributed by atoms with Crippen LogP contribution in [-0.2, 0) is 14.8 Å². The lowest BCUT2D eigenvalue weighted by atomic mass is 9.96. The van der Waals surface area contributed by atoms with Crippen molar-refractivity contribution in [3.63, 3.8) is 0 Å². The Labute approximate surface area is 168 Å². The molecule has 154 valence electrons. The van der Waals surface area contributed by atoms with E-state index in [1.165, 1.54) is 12.1 Å². The predicted molar refractivity (Wildman–Crippen MR) is 108 cm³/mol. The summed E-state index contributed by atoms with van der Waals surface area (Å²) in [5, 5.41) is 3.17. The molecule has 1 fully saturated rings. The minimum absolute atomic E-state index is 0. The zero-order chi connectivity index (χ0) is 19.0. The van der Waals surface area contributed by atoms with Crippen LogP contribution in [0.3, 0.4) is 0 Å². The number of rotatable bonds is 9. The summed E-state index contributed by atoms with van der Waals surface area (Å²) in [5.41, 5.74) is 0. The van der Waals surface area contributed by atoms with Gasteiger partial charge in [-0.15, -0.1) is 12.4 Å². The van der Waals surface area contributed by atoms with Crippen LogP contribution in [0, 0.1) is 5.92 Å². The van der Waals surface area contributed by atoms with Crippen LogP contribution in [0.15, 0.2) is 29.2 Å². The molecular formula is C18H30ClN3O4S. The molecule has 2 rings (SSSR count). The lowest BCUT2D eigenvalue weighted by Gasteiger charge is -2.32. The third-order valence-electron chi connectivity index (χ3n) is 4.54. The number of sulfonamides is 1. The summed E-state index contributed by atoms with van der Waals surface area (Å²) in [6, 6.07) is 6.25. The van der Waals surface area contributed by atoms with Gasteiger partial charge in [0.15, 0.2) is 0 Å². The predicted octanol–water partition coefficient (Wildman–Crippen LogP) is 1.63. The number of piperidine rings is 1. The molecule has 1 aromatic carbocycles. The molecule has 7 nitrogen and oxygen atoms in total. The molecule has 0 aromatic heterocycles. The number of carbonyl (C=O) groups is 1. The maximum Gasteiger partial charge on any atom is 0.240 e. The Morgan fingerprint density at radius 3 is 2.41 bits per heavy atom. The smallest absolute Gasteiger partial charge is 0.240 e. The van der Waals surface area contributed by atoms with Crippen molar-refractivity contribution in [2.45, 2.75) is 31.1 Å². The number of halogens is 1. The van der Waals surface area contributed by atoms with E-state index < -0.39 is 10.0 Å². The van der Waals surface area contributed by atoms with Gasteiger partial charge >= 0.3 is 0 Å². The van der Waals surface area contributed by atoms with Crippen LogP contribution in [0.2, 0.25) is 0 Å². The number of nitrogens with one attached hydrogen (secondary N) is 2. The van der Waals surface area contributed by atoms with E-state index >= 15 is 0 Å². The molecule has 0 saturated carbocycles. The summed E-state index contributed by atoms with van der Waals surface area (Å²) in [5.74, 6) is 1.24. The number of amides is 1. The van der Waals surface area contributed by atoms with Crippen LogP contribution in [0.1, 0.15) is 26.2 Å². The van der Waals surface area contributed by atoms with Crippen molar-refractivity contribution in [1.29, 1.82) is 0 Å². The van der Waals surface area contributed by atoms with E-state index in [0.717, 1.165) is 32.5 Å². The first-order chi connectivity index (χ1) is 12.5. The highest BCUT2D eigenvalue weighted by Gasteiger charge is 2.22. The average Bonchev–Trinajstić information content (AvgIpc) is 2.63. The number of hydrogen-bond donors (Lipinski definition) is 2. The second-order valence-corrected chi connectivity index (χ2v) is 8.20. The van der Waals surface area contributed by atoms with Crippen molar-refractivity contribution in [2.24, 2.45) is 5.92 Å². The fourth-order valence-corrected chi connectivity index (χ4v) is 4.12. The molecule has 1 heterocycles. The number of likely N-dealkylation sites (tertiary alicyclic amines) is 1. The minimum Gasteiger partial charge on any atom is -0.494 e. The van der Waals surface area contributed by atoms with Crippen molar-refractivity contribution < 1.29 is 17.9 Å². The van der Waals surface area contributed by atoms with Gasteiger partial charge < -0.3 is 15.0 Å². The normalized spacial score (nSPS) is 15.3. The second kappa shape index (κ2) is 11.5. The highest BCUT2D eigenvalue weighted by atomic mass is 35.5. The van der Waals surface area contributed by atoms with E-state index in [2.05, 4.69) is 10.0 Å². The van der Waals surface area contributed by atoms with Crippen molar-refractivity contribution >= 4 is 28.3 Å². The van der Waals surface area contributed by atoms with E-state index in [-0.39, 0.29) is 36.2 Å². The summed E-state index contributed by atoms with van der Waals surface area (Å²) >= 11 is 0. The van der Waals surface area contributed by atoms with Gasteiger partial charge in [-0.05, 0) is 63.5 Å². The molecule has 1 saturated heterocycles. The zero-order valence-electron chi connectivity index (χ0n) is 15.9. The topological polar surface area (TPSA) is 87.7 Å². The molecule has 1 aliphatic heterocycles. The minimum atomic E-state index is -3.62. The summed E-state index contributed by atoms with van der Waals surface area (Å²) in [4.78, 5) is 14.3. The Bertz CT molecular complexity index is 674. The molecule has 1 aliphatic rings.